The zero-order valence-corrected chi connectivity index (χ0v) is 13.9. The van der Waals surface area contributed by atoms with Gasteiger partial charge in [-0.1, -0.05) is 19.3 Å². The van der Waals surface area contributed by atoms with E-state index in [1.807, 2.05) is 0 Å². The van der Waals surface area contributed by atoms with Crippen molar-refractivity contribution in [3.05, 3.63) is 17.0 Å². The van der Waals surface area contributed by atoms with Gasteiger partial charge in [-0.3, -0.25) is 4.79 Å². The van der Waals surface area contributed by atoms with Gasteiger partial charge in [0.2, 0.25) is 15.9 Å². The molecule has 1 aromatic rings. The molecule has 0 radical (unpaired) electrons. The third kappa shape index (κ3) is 5.09. The van der Waals surface area contributed by atoms with Crippen molar-refractivity contribution >= 4 is 27.3 Å². The van der Waals surface area contributed by atoms with Crippen LogP contribution in [0.1, 0.15) is 43.9 Å². The second kappa shape index (κ2) is 7.38. The quantitative estimate of drug-likeness (QED) is 0.840. The van der Waals surface area contributed by atoms with Gasteiger partial charge in [0.25, 0.3) is 0 Å². The number of thiophene rings is 1. The van der Waals surface area contributed by atoms with Gasteiger partial charge < -0.3 is 5.32 Å². The van der Waals surface area contributed by atoms with E-state index in [1.165, 1.54) is 37.5 Å². The lowest BCUT2D eigenvalue weighted by Crippen LogP contribution is -2.29. The highest BCUT2D eigenvalue weighted by molar-refractivity contribution is 7.91. The van der Waals surface area contributed by atoms with Crippen LogP contribution in [0.5, 0.6) is 0 Å². The van der Waals surface area contributed by atoms with Crippen molar-refractivity contribution in [1.82, 2.24) is 10.0 Å². The van der Waals surface area contributed by atoms with Gasteiger partial charge in [-0.2, -0.15) is 0 Å². The summed E-state index contributed by atoms with van der Waals surface area (Å²) in [5.74, 6) is 0.343. The van der Waals surface area contributed by atoms with Crippen LogP contribution in [0.25, 0.3) is 0 Å². The first-order valence-corrected chi connectivity index (χ1v) is 9.60. The summed E-state index contributed by atoms with van der Waals surface area (Å²) >= 11 is 1.20. The summed E-state index contributed by atoms with van der Waals surface area (Å²) in [7, 11) is -3.42. The molecule has 0 spiro atoms. The predicted molar refractivity (Wildman–Crippen MR) is 83.6 cm³/mol. The second-order valence-electron chi connectivity index (χ2n) is 5.49. The second-order valence-corrected chi connectivity index (χ2v) is 8.65. The van der Waals surface area contributed by atoms with Gasteiger partial charge in [-0.05, 0) is 30.9 Å². The first-order valence-electron chi connectivity index (χ1n) is 7.30. The molecule has 0 bridgehead atoms. The van der Waals surface area contributed by atoms with Crippen molar-refractivity contribution < 1.29 is 13.2 Å². The average Bonchev–Trinajstić information content (AvgIpc) is 2.94. The third-order valence-electron chi connectivity index (χ3n) is 3.70. The number of rotatable bonds is 6. The predicted octanol–water partition coefficient (Wildman–Crippen LogP) is 2.24. The van der Waals surface area contributed by atoms with Gasteiger partial charge in [-0.15, -0.1) is 11.3 Å². The van der Waals surface area contributed by atoms with Crippen LogP contribution < -0.4 is 10.0 Å². The first-order chi connectivity index (χ1) is 9.97. The number of hydrogen-bond acceptors (Lipinski definition) is 4. The van der Waals surface area contributed by atoms with Gasteiger partial charge in [0, 0.05) is 18.3 Å². The molecular weight excluding hydrogens is 308 g/mol. The molecule has 1 fully saturated rings. The Balaban J connectivity index is 1.90. The van der Waals surface area contributed by atoms with E-state index in [1.54, 1.807) is 12.1 Å². The van der Waals surface area contributed by atoms with Crippen molar-refractivity contribution in [1.29, 1.82) is 0 Å². The Labute approximate surface area is 130 Å². The molecular formula is C14H22N2O3S2. The molecule has 0 aliphatic heterocycles. The first kappa shape index (κ1) is 16.5. The normalized spacial score (nSPS) is 16.8. The Hall–Kier alpha value is -0.920. The van der Waals surface area contributed by atoms with E-state index >= 15 is 0 Å². The fraction of sp³-hybridized carbons (Fsp3) is 0.643. The molecule has 0 atom stereocenters. The van der Waals surface area contributed by atoms with Crippen molar-refractivity contribution in [2.24, 2.45) is 5.92 Å². The van der Waals surface area contributed by atoms with E-state index in [0.717, 1.165) is 17.7 Å². The minimum atomic E-state index is -3.42. The summed E-state index contributed by atoms with van der Waals surface area (Å²) in [6.45, 7) is 2.34. The Morgan fingerprint density at radius 1 is 1.29 bits per heavy atom. The van der Waals surface area contributed by atoms with E-state index in [0.29, 0.717) is 23.2 Å². The number of sulfonamides is 1. The highest BCUT2D eigenvalue weighted by Crippen LogP contribution is 2.25. The molecule has 0 aromatic carbocycles. The molecule has 7 heteroatoms. The lowest BCUT2D eigenvalue weighted by Gasteiger charge is -2.21. The lowest BCUT2D eigenvalue weighted by molar-refractivity contribution is -0.119. The maximum atomic E-state index is 12.2. The molecule has 1 heterocycles. The van der Waals surface area contributed by atoms with Crippen LogP contribution in [-0.4, -0.2) is 20.9 Å². The summed E-state index contributed by atoms with van der Waals surface area (Å²) in [6.07, 6.45) is 5.89. The molecule has 5 nitrogen and oxygen atoms in total. The number of carbonyl (C=O) groups is 1. The van der Waals surface area contributed by atoms with Crippen LogP contribution in [0.15, 0.2) is 16.3 Å². The fourth-order valence-corrected chi connectivity index (χ4v) is 4.96. The Morgan fingerprint density at radius 3 is 2.67 bits per heavy atom. The van der Waals surface area contributed by atoms with Gasteiger partial charge in [0.15, 0.2) is 0 Å². The van der Waals surface area contributed by atoms with E-state index in [2.05, 4.69) is 10.0 Å². The molecule has 1 saturated carbocycles. The Kier molecular flexibility index (Phi) is 5.78. The monoisotopic (exact) mass is 330 g/mol. The Bertz CT molecular complexity index is 575. The summed E-state index contributed by atoms with van der Waals surface area (Å²) in [5.41, 5.74) is 0. The topological polar surface area (TPSA) is 75.3 Å². The molecule has 1 aliphatic carbocycles. The molecule has 2 rings (SSSR count). The third-order valence-corrected chi connectivity index (χ3v) is 6.70. The molecule has 1 aliphatic rings. The van der Waals surface area contributed by atoms with Crippen molar-refractivity contribution in [3.8, 4) is 0 Å². The highest BCUT2D eigenvalue weighted by Gasteiger charge is 2.20. The summed E-state index contributed by atoms with van der Waals surface area (Å²) in [4.78, 5) is 11.7. The van der Waals surface area contributed by atoms with E-state index in [4.69, 9.17) is 0 Å². The van der Waals surface area contributed by atoms with E-state index in [9.17, 15) is 13.2 Å². The molecule has 21 heavy (non-hydrogen) atoms. The molecule has 1 amide bonds. The van der Waals surface area contributed by atoms with E-state index < -0.39 is 10.0 Å². The molecule has 0 unspecified atom stereocenters. The molecule has 1 aromatic heterocycles. The van der Waals surface area contributed by atoms with Crippen molar-refractivity contribution in [2.45, 2.75) is 49.8 Å². The maximum Gasteiger partial charge on any atom is 0.250 e. The van der Waals surface area contributed by atoms with Crippen LogP contribution in [0.2, 0.25) is 0 Å². The zero-order chi connectivity index (χ0) is 15.3. The minimum Gasteiger partial charge on any atom is -0.351 e. The van der Waals surface area contributed by atoms with Crippen LogP contribution in [0.4, 0.5) is 0 Å². The number of hydrogen-bond donors (Lipinski definition) is 2. The van der Waals surface area contributed by atoms with Gasteiger partial charge in [-0.25, -0.2) is 13.1 Å². The number of nitrogens with one attached hydrogen (secondary N) is 2. The number of amides is 1. The van der Waals surface area contributed by atoms with Crippen LogP contribution in [-0.2, 0) is 21.4 Å². The molecule has 0 saturated heterocycles. The highest BCUT2D eigenvalue weighted by atomic mass is 32.2. The standard InChI is InChI=1S/C14H22N2O3S2/c1-11(17)15-10-13-7-8-14(20-13)21(18,19)16-9-12-5-3-2-4-6-12/h7-8,12,16H,2-6,9-10H2,1H3,(H,15,17). The average molecular weight is 330 g/mol. The zero-order valence-electron chi connectivity index (χ0n) is 12.2. The van der Waals surface area contributed by atoms with Crippen LogP contribution in [0.3, 0.4) is 0 Å². The van der Waals surface area contributed by atoms with Crippen molar-refractivity contribution in [2.75, 3.05) is 6.54 Å². The summed E-state index contributed by atoms with van der Waals surface area (Å²) in [5, 5.41) is 2.67. The SMILES string of the molecule is CC(=O)NCc1ccc(S(=O)(=O)NCC2CCCCC2)s1. The number of carbonyl (C=O) groups excluding carboxylic acids is 1. The van der Waals surface area contributed by atoms with Gasteiger partial charge >= 0.3 is 0 Å². The summed E-state index contributed by atoms with van der Waals surface area (Å²) in [6, 6.07) is 3.35. The molecule has 2 N–H and O–H groups in total. The van der Waals surface area contributed by atoms with Crippen LogP contribution >= 0.6 is 11.3 Å². The maximum absolute atomic E-state index is 12.2. The smallest absolute Gasteiger partial charge is 0.250 e. The summed E-state index contributed by atoms with van der Waals surface area (Å²) < 4.78 is 27.5. The lowest BCUT2D eigenvalue weighted by atomic mass is 9.90. The minimum absolute atomic E-state index is 0.122. The van der Waals surface area contributed by atoms with Crippen LogP contribution in [0, 0.1) is 5.92 Å². The van der Waals surface area contributed by atoms with Crippen molar-refractivity contribution in [3.63, 3.8) is 0 Å². The fourth-order valence-electron chi connectivity index (χ4n) is 2.50. The largest absolute Gasteiger partial charge is 0.351 e. The van der Waals surface area contributed by atoms with E-state index in [-0.39, 0.29) is 5.91 Å². The van der Waals surface area contributed by atoms with Gasteiger partial charge in [0.1, 0.15) is 4.21 Å². The molecule has 118 valence electrons. The van der Waals surface area contributed by atoms with Gasteiger partial charge in [0.05, 0.1) is 6.54 Å². The Morgan fingerprint density at radius 2 is 2.00 bits per heavy atom.